The fourth-order valence-corrected chi connectivity index (χ4v) is 4.39. The van der Waals surface area contributed by atoms with Crippen molar-refractivity contribution in [2.24, 2.45) is 5.73 Å². The van der Waals surface area contributed by atoms with Crippen LogP contribution in [0, 0.1) is 0 Å². The van der Waals surface area contributed by atoms with Gasteiger partial charge < -0.3 is 5.73 Å². The van der Waals surface area contributed by atoms with Crippen LogP contribution in [0.3, 0.4) is 0 Å². The van der Waals surface area contributed by atoms with Crippen LogP contribution >= 0.6 is 27.5 Å². The first-order valence-corrected chi connectivity index (χ1v) is 9.28. The summed E-state index contributed by atoms with van der Waals surface area (Å²) >= 11 is 9.12. The van der Waals surface area contributed by atoms with Crippen molar-refractivity contribution in [1.82, 2.24) is 4.72 Å². The van der Waals surface area contributed by atoms with Crippen LogP contribution in [0.4, 0.5) is 0 Å². The molecule has 1 saturated carbocycles. The largest absolute Gasteiger partial charge is 0.326 e. The summed E-state index contributed by atoms with van der Waals surface area (Å²) in [5.41, 5.74) is 6.06. The van der Waals surface area contributed by atoms with Crippen molar-refractivity contribution in [3.63, 3.8) is 0 Å². The molecule has 0 aliphatic heterocycles. The first-order valence-electron chi connectivity index (χ1n) is 6.63. The Hall–Kier alpha value is -0.140. The fraction of sp³-hybridized carbons (Fsp3) is 0.538. The van der Waals surface area contributed by atoms with Gasteiger partial charge >= 0.3 is 0 Å². The van der Waals surface area contributed by atoms with Crippen molar-refractivity contribution in [1.29, 1.82) is 0 Å². The highest BCUT2D eigenvalue weighted by Gasteiger charge is 2.26. The summed E-state index contributed by atoms with van der Waals surface area (Å²) in [6.45, 7) is 0. The molecule has 1 aliphatic rings. The minimum Gasteiger partial charge on any atom is -0.326 e. The Morgan fingerprint density at radius 3 is 2.65 bits per heavy atom. The highest BCUT2D eigenvalue weighted by molar-refractivity contribution is 9.10. The van der Waals surface area contributed by atoms with Crippen LogP contribution in [-0.2, 0) is 10.0 Å². The lowest BCUT2D eigenvalue weighted by atomic mass is 10.1. The molecule has 0 aromatic heterocycles. The Bertz CT molecular complexity index is 580. The minimum atomic E-state index is -3.57. The van der Waals surface area contributed by atoms with E-state index in [4.69, 9.17) is 17.3 Å². The molecule has 3 N–H and O–H groups in total. The lowest BCUT2D eigenvalue weighted by Gasteiger charge is -2.22. The zero-order valence-corrected chi connectivity index (χ0v) is 14.1. The van der Waals surface area contributed by atoms with Gasteiger partial charge in [-0.3, -0.25) is 0 Å². The van der Waals surface area contributed by atoms with Crippen LogP contribution < -0.4 is 10.5 Å². The second kappa shape index (κ2) is 6.75. The van der Waals surface area contributed by atoms with Gasteiger partial charge in [-0.1, -0.05) is 30.9 Å². The third-order valence-corrected chi connectivity index (χ3v) is 6.28. The summed E-state index contributed by atoms with van der Waals surface area (Å²) in [6, 6.07) is 4.25. The molecule has 1 aromatic rings. The summed E-state index contributed by atoms with van der Waals surface area (Å²) in [5.74, 6) is 0. The molecule has 0 heterocycles. The van der Waals surface area contributed by atoms with Gasteiger partial charge in [-0.15, -0.1) is 0 Å². The molecular weight excluding hydrogens is 364 g/mol. The third-order valence-electron chi connectivity index (χ3n) is 3.58. The molecule has 112 valence electrons. The van der Waals surface area contributed by atoms with Gasteiger partial charge in [-0.2, -0.15) is 0 Å². The molecule has 0 saturated heterocycles. The Morgan fingerprint density at radius 2 is 1.95 bits per heavy atom. The van der Waals surface area contributed by atoms with E-state index in [1.54, 1.807) is 6.07 Å². The van der Waals surface area contributed by atoms with Gasteiger partial charge in [0.2, 0.25) is 10.0 Å². The molecule has 7 heteroatoms. The number of hydrogen-bond donors (Lipinski definition) is 2. The fourth-order valence-electron chi connectivity index (χ4n) is 2.39. The van der Waals surface area contributed by atoms with Gasteiger partial charge in [0.1, 0.15) is 0 Å². The van der Waals surface area contributed by atoms with Crippen LogP contribution in [0.25, 0.3) is 0 Å². The molecule has 1 aromatic carbocycles. The lowest BCUT2D eigenvalue weighted by Crippen LogP contribution is -2.46. The monoisotopic (exact) mass is 380 g/mol. The lowest BCUT2D eigenvalue weighted by molar-refractivity contribution is 0.456. The van der Waals surface area contributed by atoms with Crippen LogP contribution in [0.2, 0.25) is 5.02 Å². The number of halogens is 2. The van der Waals surface area contributed by atoms with Gasteiger partial charge in [0.15, 0.2) is 0 Å². The van der Waals surface area contributed by atoms with E-state index in [9.17, 15) is 8.42 Å². The van der Waals surface area contributed by atoms with E-state index in [1.807, 2.05) is 0 Å². The van der Waals surface area contributed by atoms with Crippen molar-refractivity contribution in [3.8, 4) is 0 Å². The summed E-state index contributed by atoms with van der Waals surface area (Å²) < 4.78 is 28.1. The van der Waals surface area contributed by atoms with Crippen molar-refractivity contribution in [2.45, 2.75) is 49.1 Å². The van der Waals surface area contributed by atoms with Gasteiger partial charge in [-0.05, 0) is 47.0 Å². The molecule has 0 radical (unpaired) electrons. The highest BCUT2D eigenvalue weighted by atomic mass is 79.9. The van der Waals surface area contributed by atoms with E-state index < -0.39 is 10.0 Å². The molecular formula is C13H18BrClN2O2S. The molecule has 20 heavy (non-hydrogen) atoms. The second-order valence-electron chi connectivity index (χ2n) is 5.11. The maximum atomic E-state index is 12.4. The number of benzene rings is 1. The zero-order valence-electron chi connectivity index (χ0n) is 11.0. The van der Waals surface area contributed by atoms with Gasteiger partial charge in [0.05, 0.1) is 9.92 Å². The van der Waals surface area contributed by atoms with Crippen molar-refractivity contribution in [3.05, 3.63) is 27.7 Å². The number of nitrogens with two attached hydrogens (primary N) is 1. The van der Waals surface area contributed by atoms with E-state index in [0.717, 1.165) is 32.1 Å². The molecule has 0 amide bonds. The summed E-state index contributed by atoms with van der Waals surface area (Å²) in [4.78, 5) is 0.199. The van der Waals surface area contributed by atoms with Gasteiger partial charge in [0.25, 0.3) is 0 Å². The normalized spacial score (nSPS) is 24.4. The Labute approximate surface area is 133 Å². The number of hydrogen-bond acceptors (Lipinski definition) is 3. The van der Waals surface area contributed by atoms with E-state index in [2.05, 4.69) is 20.7 Å². The highest BCUT2D eigenvalue weighted by Crippen LogP contribution is 2.26. The smallest absolute Gasteiger partial charge is 0.240 e. The van der Waals surface area contributed by atoms with Crippen molar-refractivity contribution < 1.29 is 8.42 Å². The molecule has 2 atom stereocenters. The van der Waals surface area contributed by atoms with E-state index in [0.29, 0.717) is 9.50 Å². The summed E-state index contributed by atoms with van der Waals surface area (Å²) in [5, 5.41) is 0.482. The Morgan fingerprint density at radius 1 is 1.25 bits per heavy atom. The van der Waals surface area contributed by atoms with Crippen LogP contribution in [0.1, 0.15) is 32.1 Å². The summed E-state index contributed by atoms with van der Waals surface area (Å²) in [6.07, 6.45) is 4.82. The Balaban J connectivity index is 2.19. The van der Waals surface area contributed by atoms with E-state index >= 15 is 0 Å². The number of nitrogens with one attached hydrogen (secondary N) is 1. The molecule has 2 rings (SSSR count). The maximum absolute atomic E-state index is 12.4. The topological polar surface area (TPSA) is 72.2 Å². The average molecular weight is 382 g/mol. The summed E-state index contributed by atoms with van der Waals surface area (Å²) in [7, 11) is -3.57. The van der Waals surface area contributed by atoms with Crippen molar-refractivity contribution >= 4 is 37.6 Å². The van der Waals surface area contributed by atoms with Gasteiger partial charge in [-0.25, -0.2) is 13.1 Å². The van der Waals surface area contributed by atoms with E-state index in [1.165, 1.54) is 12.1 Å². The Kier molecular flexibility index (Phi) is 5.48. The number of sulfonamides is 1. The molecule has 0 spiro atoms. The van der Waals surface area contributed by atoms with E-state index in [-0.39, 0.29) is 17.0 Å². The van der Waals surface area contributed by atoms with Crippen LogP contribution in [-0.4, -0.2) is 20.5 Å². The molecule has 2 unspecified atom stereocenters. The molecule has 4 nitrogen and oxygen atoms in total. The van der Waals surface area contributed by atoms with Crippen LogP contribution in [0.5, 0.6) is 0 Å². The standard InChI is InChI=1S/C13H18BrClN2O2S/c14-10-8-9(6-7-11(10)15)20(18,19)17-13-5-3-1-2-4-12(13)16/h6-8,12-13,17H,1-5,16H2. The third kappa shape index (κ3) is 3.95. The predicted molar refractivity (Wildman–Crippen MR) is 84.3 cm³/mol. The minimum absolute atomic E-state index is 0.122. The molecule has 1 fully saturated rings. The molecule has 0 bridgehead atoms. The number of rotatable bonds is 3. The molecule has 1 aliphatic carbocycles. The van der Waals surface area contributed by atoms with Gasteiger partial charge in [0, 0.05) is 16.6 Å². The SMILES string of the molecule is NC1CCCCCC1NS(=O)(=O)c1ccc(Cl)c(Br)c1. The maximum Gasteiger partial charge on any atom is 0.240 e. The quantitative estimate of drug-likeness (QED) is 0.790. The van der Waals surface area contributed by atoms with Crippen molar-refractivity contribution in [2.75, 3.05) is 0 Å². The first-order chi connectivity index (χ1) is 9.40. The predicted octanol–water partition coefficient (Wildman–Crippen LogP) is 3.04. The second-order valence-corrected chi connectivity index (χ2v) is 8.08. The average Bonchev–Trinajstić information content (AvgIpc) is 2.58. The first kappa shape index (κ1) is 16.2. The van der Waals surface area contributed by atoms with Crippen LogP contribution in [0.15, 0.2) is 27.6 Å². The zero-order chi connectivity index (χ0) is 14.8.